The molecule has 0 spiro atoms. The standard InChI is InChI=1S/C12H16BrFN2O2S/c13-11-5-2-9(14)8-12(11)16-19(17,18)7-1-6-15-10-3-4-10/h2,5,8,10,15-16H,1,3-4,6-7H2. The summed E-state index contributed by atoms with van der Waals surface area (Å²) in [5.41, 5.74) is 0.232. The highest BCUT2D eigenvalue weighted by Gasteiger charge is 2.20. The molecule has 0 saturated heterocycles. The molecule has 0 bridgehead atoms. The zero-order valence-corrected chi connectivity index (χ0v) is 12.7. The molecule has 1 fully saturated rings. The quantitative estimate of drug-likeness (QED) is 0.742. The van der Waals surface area contributed by atoms with Crippen LogP contribution in [0.1, 0.15) is 19.3 Å². The van der Waals surface area contributed by atoms with Crippen molar-refractivity contribution in [3.05, 3.63) is 28.5 Å². The maximum Gasteiger partial charge on any atom is 0.232 e. The number of nitrogens with one attached hydrogen (secondary N) is 2. The summed E-state index contributed by atoms with van der Waals surface area (Å²) in [6, 6.07) is 4.47. The van der Waals surface area contributed by atoms with E-state index in [4.69, 9.17) is 0 Å². The van der Waals surface area contributed by atoms with Crippen molar-refractivity contribution >= 4 is 31.6 Å². The first-order valence-electron chi connectivity index (χ1n) is 6.15. The average molecular weight is 351 g/mol. The minimum absolute atomic E-state index is 0.0235. The van der Waals surface area contributed by atoms with Crippen LogP contribution in [0.5, 0.6) is 0 Å². The second-order valence-corrected chi connectivity index (χ2v) is 7.32. The van der Waals surface area contributed by atoms with Gasteiger partial charge in [-0.1, -0.05) is 0 Å². The molecule has 0 aromatic heterocycles. The molecule has 1 aromatic rings. The minimum Gasteiger partial charge on any atom is -0.314 e. The lowest BCUT2D eigenvalue weighted by Gasteiger charge is -2.10. The van der Waals surface area contributed by atoms with E-state index in [9.17, 15) is 12.8 Å². The smallest absolute Gasteiger partial charge is 0.232 e. The molecule has 1 aromatic carbocycles. The van der Waals surface area contributed by atoms with Gasteiger partial charge in [0.05, 0.1) is 11.4 Å². The Balaban J connectivity index is 1.86. The summed E-state index contributed by atoms with van der Waals surface area (Å²) in [4.78, 5) is 0. The SMILES string of the molecule is O=S(=O)(CCCNC1CC1)Nc1cc(F)ccc1Br. The molecule has 2 N–H and O–H groups in total. The third kappa shape index (κ3) is 5.08. The van der Waals surface area contributed by atoms with Crippen LogP contribution < -0.4 is 10.0 Å². The van der Waals surface area contributed by atoms with E-state index in [1.165, 1.54) is 25.0 Å². The average Bonchev–Trinajstić information content (AvgIpc) is 3.13. The van der Waals surface area contributed by atoms with E-state index in [-0.39, 0.29) is 11.4 Å². The summed E-state index contributed by atoms with van der Waals surface area (Å²) >= 11 is 3.19. The molecule has 0 heterocycles. The van der Waals surface area contributed by atoms with Crippen LogP contribution in [0.15, 0.2) is 22.7 Å². The fraction of sp³-hybridized carbons (Fsp3) is 0.500. The predicted octanol–water partition coefficient (Wildman–Crippen LogP) is 2.47. The molecule has 1 saturated carbocycles. The molecular weight excluding hydrogens is 335 g/mol. The molecule has 0 atom stereocenters. The molecule has 106 valence electrons. The van der Waals surface area contributed by atoms with Gasteiger partial charge in [0, 0.05) is 10.5 Å². The Labute approximate surface area is 121 Å². The lowest BCUT2D eigenvalue weighted by atomic mass is 10.3. The maximum atomic E-state index is 13.1. The molecule has 0 amide bonds. The molecule has 0 radical (unpaired) electrons. The Morgan fingerprint density at radius 3 is 2.79 bits per heavy atom. The van der Waals surface area contributed by atoms with Gasteiger partial charge in [0.15, 0.2) is 0 Å². The third-order valence-electron chi connectivity index (χ3n) is 2.79. The fourth-order valence-electron chi connectivity index (χ4n) is 1.65. The molecule has 19 heavy (non-hydrogen) atoms. The summed E-state index contributed by atoms with van der Waals surface area (Å²) in [5.74, 6) is -0.452. The zero-order valence-electron chi connectivity index (χ0n) is 10.3. The van der Waals surface area contributed by atoms with Crippen molar-refractivity contribution in [2.45, 2.75) is 25.3 Å². The van der Waals surface area contributed by atoms with E-state index >= 15 is 0 Å². The Morgan fingerprint density at radius 1 is 1.37 bits per heavy atom. The summed E-state index contributed by atoms with van der Waals surface area (Å²) in [7, 11) is -3.44. The van der Waals surface area contributed by atoms with Crippen LogP contribution in [0.3, 0.4) is 0 Å². The Kier molecular flexibility index (Phi) is 4.81. The van der Waals surface area contributed by atoms with Gasteiger partial charge in [0.2, 0.25) is 10.0 Å². The molecular formula is C12H16BrFN2O2S. The number of anilines is 1. The van der Waals surface area contributed by atoms with Crippen molar-refractivity contribution in [3.63, 3.8) is 0 Å². The van der Waals surface area contributed by atoms with E-state index in [0.29, 0.717) is 23.5 Å². The summed E-state index contributed by atoms with van der Waals surface area (Å²) < 4.78 is 39.7. The van der Waals surface area contributed by atoms with Crippen LogP contribution in [-0.2, 0) is 10.0 Å². The fourth-order valence-corrected chi connectivity index (χ4v) is 3.26. The van der Waals surface area contributed by atoms with Crippen molar-refractivity contribution < 1.29 is 12.8 Å². The van der Waals surface area contributed by atoms with Gasteiger partial charge in [0.1, 0.15) is 5.82 Å². The molecule has 4 nitrogen and oxygen atoms in total. The van der Waals surface area contributed by atoms with Crippen molar-refractivity contribution in [2.24, 2.45) is 0 Å². The highest BCUT2D eigenvalue weighted by Crippen LogP contribution is 2.24. The van der Waals surface area contributed by atoms with Crippen LogP contribution in [0.25, 0.3) is 0 Å². The van der Waals surface area contributed by atoms with E-state index < -0.39 is 15.8 Å². The van der Waals surface area contributed by atoms with E-state index in [0.717, 1.165) is 6.07 Å². The number of rotatable bonds is 7. The van der Waals surface area contributed by atoms with Crippen molar-refractivity contribution in [1.29, 1.82) is 0 Å². The first-order chi connectivity index (χ1) is 8.96. The van der Waals surface area contributed by atoms with E-state index in [2.05, 4.69) is 26.0 Å². The molecule has 1 aliphatic carbocycles. The monoisotopic (exact) mass is 350 g/mol. The molecule has 0 unspecified atom stereocenters. The third-order valence-corrected chi connectivity index (χ3v) is 4.84. The number of sulfonamides is 1. The summed E-state index contributed by atoms with van der Waals surface area (Å²) in [6.07, 6.45) is 2.90. The first kappa shape index (κ1) is 14.7. The predicted molar refractivity (Wildman–Crippen MR) is 77.2 cm³/mol. The number of benzene rings is 1. The lowest BCUT2D eigenvalue weighted by molar-refractivity contribution is 0.593. The van der Waals surface area contributed by atoms with Gasteiger partial charge >= 0.3 is 0 Å². The number of hydrogen-bond acceptors (Lipinski definition) is 3. The second kappa shape index (κ2) is 6.19. The molecule has 7 heteroatoms. The highest BCUT2D eigenvalue weighted by molar-refractivity contribution is 9.10. The maximum absolute atomic E-state index is 13.1. The summed E-state index contributed by atoms with van der Waals surface area (Å²) in [6.45, 7) is 0.690. The normalized spacial score (nSPS) is 15.5. The molecule has 0 aliphatic heterocycles. The molecule has 1 aliphatic rings. The Morgan fingerprint density at radius 2 is 2.11 bits per heavy atom. The van der Waals surface area contributed by atoms with E-state index in [1.807, 2.05) is 0 Å². The van der Waals surface area contributed by atoms with Gasteiger partial charge in [-0.05, 0) is 59.9 Å². The van der Waals surface area contributed by atoms with Gasteiger partial charge in [-0.2, -0.15) is 0 Å². The van der Waals surface area contributed by atoms with Gasteiger partial charge in [-0.25, -0.2) is 12.8 Å². The van der Waals surface area contributed by atoms with Crippen LogP contribution >= 0.6 is 15.9 Å². The van der Waals surface area contributed by atoms with Crippen molar-refractivity contribution in [1.82, 2.24) is 5.32 Å². The minimum atomic E-state index is -3.44. The number of halogens is 2. The van der Waals surface area contributed by atoms with Crippen molar-refractivity contribution in [2.75, 3.05) is 17.0 Å². The topological polar surface area (TPSA) is 58.2 Å². The Bertz CT molecular complexity index is 547. The van der Waals surface area contributed by atoms with Crippen LogP contribution in [0.2, 0.25) is 0 Å². The first-order valence-corrected chi connectivity index (χ1v) is 8.60. The van der Waals surface area contributed by atoms with Gasteiger partial charge in [-0.3, -0.25) is 4.72 Å². The molecule has 2 rings (SSSR count). The largest absolute Gasteiger partial charge is 0.314 e. The van der Waals surface area contributed by atoms with E-state index in [1.54, 1.807) is 0 Å². The van der Waals surface area contributed by atoms with Crippen molar-refractivity contribution in [3.8, 4) is 0 Å². The highest BCUT2D eigenvalue weighted by atomic mass is 79.9. The van der Waals surface area contributed by atoms with Gasteiger partial charge in [-0.15, -0.1) is 0 Å². The van der Waals surface area contributed by atoms with Gasteiger partial charge in [0.25, 0.3) is 0 Å². The lowest BCUT2D eigenvalue weighted by Crippen LogP contribution is -2.23. The van der Waals surface area contributed by atoms with Crippen LogP contribution in [-0.4, -0.2) is 26.8 Å². The second-order valence-electron chi connectivity index (χ2n) is 4.63. The summed E-state index contributed by atoms with van der Waals surface area (Å²) in [5, 5.41) is 3.25. The van der Waals surface area contributed by atoms with Crippen LogP contribution in [0.4, 0.5) is 10.1 Å². The zero-order chi connectivity index (χ0) is 13.9. The van der Waals surface area contributed by atoms with Crippen LogP contribution in [0, 0.1) is 5.82 Å². The number of hydrogen-bond donors (Lipinski definition) is 2. The Hall–Kier alpha value is -0.660. The van der Waals surface area contributed by atoms with Gasteiger partial charge < -0.3 is 5.32 Å².